The van der Waals surface area contributed by atoms with E-state index in [-0.39, 0.29) is 5.56 Å². The summed E-state index contributed by atoms with van der Waals surface area (Å²) in [4.78, 5) is 0. The molecule has 0 spiro atoms. The van der Waals surface area contributed by atoms with Gasteiger partial charge < -0.3 is 0 Å². The first-order valence-electron chi connectivity index (χ1n) is 3.98. The maximum Gasteiger partial charge on any atom is 0.133 e. The molecule has 1 unspecified atom stereocenters. The molecule has 1 atom stereocenters. The van der Waals surface area contributed by atoms with Gasteiger partial charge >= 0.3 is 0 Å². The Balaban J connectivity index is 3.35. The largest absolute Gasteiger partial charge is 0.207 e. The molecule has 1 rings (SSSR count). The molecule has 0 heterocycles. The quantitative estimate of drug-likeness (QED) is 0.583. The Bertz CT molecular complexity index is 361. The Hall–Kier alpha value is -1.36. The molecule has 0 N–H and O–H groups in total. The minimum Gasteiger partial charge on any atom is -0.207 e. The number of benzene rings is 1. The topological polar surface area (TPSA) is 0 Å². The SMILES string of the molecule is C#CC(C)c1c(F)ccc(C)c1F. The number of halogens is 2. The van der Waals surface area contributed by atoms with Crippen LogP contribution in [0.25, 0.3) is 0 Å². The van der Waals surface area contributed by atoms with E-state index in [9.17, 15) is 8.78 Å². The number of rotatable bonds is 1. The van der Waals surface area contributed by atoms with E-state index in [1.54, 1.807) is 13.8 Å². The molecule has 0 fully saturated rings. The van der Waals surface area contributed by atoms with Crippen molar-refractivity contribution in [3.8, 4) is 12.3 Å². The highest BCUT2D eigenvalue weighted by molar-refractivity contribution is 5.32. The number of hydrogen-bond acceptors (Lipinski definition) is 0. The Morgan fingerprint density at radius 2 is 2.00 bits per heavy atom. The van der Waals surface area contributed by atoms with E-state index in [1.807, 2.05) is 0 Å². The molecule has 68 valence electrons. The number of terminal acetylenes is 1. The minimum atomic E-state index is -0.575. The average molecular weight is 180 g/mol. The molecule has 1 aromatic rings. The highest BCUT2D eigenvalue weighted by Gasteiger charge is 2.15. The minimum absolute atomic E-state index is 0.0116. The molecule has 0 aliphatic heterocycles. The normalized spacial score (nSPS) is 12.2. The second kappa shape index (κ2) is 3.57. The molecule has 0 saturated carbocycles. The zero-order valence-corrected chi connectivity index (χ0v) is 7.57. The second-order valence-electron chi connectivity index (χ2n) is 2.98. The van der Waals surface area contributed by atoms with Gasteiger partial charge in [-0.05, 0) is 25.5 Å². The fourth-order valence-electron chi connectivity index (χ4n) is 1.16. The summed E-state index contributed by atoms with van der Waals surface area (Å²) in [6.45, 7) is 3.18. The third-order valence-electron chi connectivity index (χ3n) is 2.00. The number of hydrogen-bond donors (Lipinski definition) is 0. The monoisotopic (exact) mass is 180 g/mol. The van der Waals surface area contributed by atoms with E-state index in [0.717, 1.165) is 0 Å². The average Bonchev–Trinajstić information content (AvgIpc) is 2.12. The van der Waals surface area contributed by atoms with E-state index in [4.69, 9.17) is 6.42 Å². The lowest BCUT2D eigenvalue weighted by molar-refractivity contribution is 0.546. The van der Waals surface area contributed by atoms with Crippen LogP contribution in [-0.2, 0) is 0 Å². The first kappa shape index (κ1) is 9.73. The summed E-state index contributed by atoms with van der Waals surface area (Å²) in [5, 5.41) is 0. The van der Waals surface area contributed by atoms with E-state index >= 15 is 0 Å². The summed E-state index contributed by atoms with van der Waals surface area (Å²) >= 11 is 0. The summed E-state index contributed by atoms with van der Waals surface area (Å²) < 4.78 is 26.5. The molecule has 0 amide bonds. The lowest BCUT2D eigenvalue weighted by atomic mass is 9.98. The van der Waals surface area contributed by atoms with Gasteiger partial charge in [0, 0.05) is 11.5 Å². The van der Waals surface area contributed by atoms with Crippen LogP contribution in [0.3, 0.4) is 0 Å². The standard InChI is InChI=1S/C11H10F2/c1-4-7(2)10-9(12)6-5-8(3)11(10)13/h1,5-7H,2-3H3. The first-order chi connectivity index (χ1) is 6.07. The molecular formula is C11H10F2. The highest BCUT2D eigenvalue weighted by atomic mass is 19.1. The van der Waals surface area contributed by atoms with Gasteiger partial charge in [0.2, 0.25) is 0 Å². The van der Waals surface area contributed by atoms with Crippen LogP contribution < -0.4 is 0 Å². The van der Waals surface area contributed by atoms with Gasteiger partial charge in [0.15, 0.2) is 0 Å². The van der Waals surface area contributed by atoms with Crippen molar-refractivity contribution in [3.05, 3.63) is 34.9 Å². The summed E-state index contributed by atoms with van der Waals surface area (Å²) in [5.74, 6) is 0.670. The van der Waals surface area contributed by atoms with Crippen LogP contribution in [0.15, 0.2) is 12.1 Å². The summed E-state index contributed by atoms with van der Waals surface area (Å²) in [6.07, 6.45) is 5.11. The van der Waals surface area contributed by atoms with Gasteiger partial charge in [0.1, 0.15) is 11.6 Å². The van der Waals surface area contributed by atoms with E-state index in [1.165, 1.54) is 12.1 Å². The van der Waals surface area contributed by atoms with Crippen molar-refractivity contribution in [2.75, 3.05) is 0 Å². The van der Waals surface area contributed by atoms with Crippen LogP contribution >= 0.6 is 0 Å². The Kier molecular flexibility index (Phi) is 2.67. The third kappa shape index (κ3) is 1.70. The Morgan fingerprint density at radius 3 is 2.54 bits per heavy atom. The van der Waals surface area contributed by atoms with Crippen LogP contribution in [-0.4, -0.2) is 0 Å². The molecular weight excluding hydrogens is 170 g/mol. The highest BCUT2D eigenvalue weighted by Crippen LogP contribution is 2.23. The van der Waals surface area contributed by atoms with Gasteiger partial charge in [-0.3, -0.25) is 0 Å². The van der Waals surface area contributed by atoms with E-state index < -0.39 is 17.6 Å². The van der Waals surface area contributed by atoms with Crippen LogP contribution in [0.5, 0.6) is 0 Å². The molecule has 0 bridgehead atoms. The van der Waals surface area contributed by atoms with Crippen molar-refractivity contribution >= 4 is 0 Å². The van der Waals surface area contributed by atoms with Crippen molar-refractivity contribution < 1.29 is 8.78 Å². The van der Waals surface area contributed by atoms with Crippen molar-refractivity contribution in [3.63, 3.8) is 0 Å². The molecule has 13 heavy (non-hydrogen) atoms. The Labute approximate surface area is 76.6 Å². The smallest absolute Gasteiger partial charge is 0.133 e. The van der Waals surface area contributed by atoms with Crippen LogP contribution in [0.1, 0.15) is 24.0 Å². The lowest BCUT2D eigenvalue weighted by Gasteiger charge is -2.09. The zero-order valence-electron chi connectivity index (χ0n) is 7.57. The predicted molar refractivity (Wildman–Crippen MR) is 48.3 cm³/mol. The molecule has 0 nitrogen and oxygen atoms in total. The molecule has 2 heteroatoms. The lowest BCUT2D eigenvalue weighted by Crippen LogP contribution is -2.01. The first-order valence-corrected chi connectivity index (χ1v) is 3.98. The van der Waals surface area contributed by atoms with Gasteiger partial charge in [-0.1, -0.05) is 12.0 Å². The molecule has 0 aliphatic rings. The van der Waals surface area contributed by atoms with Gasteiger partial charge in [-0.15, -0.1) is 6.42 Å². The van der Waals surface area contributed by atoms with Crippen molar-refractivity contribution in [2.45, 2.75) is 19.8 Å². The fourth-order valence-corrected chi connectivity index (χ4v) is 1.16. The zero-order chi connectivity index (χ0) is 10.0. The van der Waals surface area contributed by atoms with Crippen molar-refractivity contribution in [1.82, 2.24) is 0 Å². The molecule has 0 aromatic heterocycles. The summed E-state index contributed by atoms with van der Waals surface area (Å²) in [5.41, 5.74) is 0.404. The van der Waals surface area contributed by atoms with Gasteiger partial charge in [0.25, 0.3) is 0 Å². The van der Waals surface area contributed by atoms with Gasteiger partial charge in [-0.2, -0.15) is 0 Å². The molecule has 0 aliphatic carbocycles. The van der Waals surface area contributed by atoms with Crippen molar-refractivity contribution in [2.24, 2.45) is 0 Å². The maximum absolute atomic E-state index is 13.4. The predicted octanol–water partition coefficient (Wildman–Crippen LogP) is 3.01. The van der Waals surface area contributed by atoms with Crippen LogP contribution in [0.4, 0.5) is 8.78 Å². The van der Waals surface area contributed by atoms with Crippen molar-refractivity contribution in [1.29, 1.82) is 0 Å². The maximum atomic E-state index is 13.4. The molecule has 0 radical (unpaired) electrons. The van der Waals surface area contributed by atoms with Gasteiger partial charge in [0.05, 0.1) is 0 Å². The van der Waals surface area contributed by atoms with Crippen LogP contribution in [0.2, 0.25) is 0 Å². The molecule has 0 saturated heterocycles. The van der Waals surface area contributed by atoms with E-state index in [2.05, 4.69) is 5.92 Å². The summed E-state index contributed by atoms with van der Waals surface area (Å²) in [7, 11) is 0. The fraction of sp³-hybridized carbons (Fsp3) is 0.273. The third-order valence-corrected chi connectivity index (χ3v) is 2.00. The van der Waals surface area contributed by atoms with E-state index in [0.29, 0.717) is 5.56 Å². The molecule has 1 aromatic carbocycles. The summed E-state index contributed by atoms with van der Waals surface area (Å²) in [6, 6.07) is 2.64. The Morgan fingerprint density at radius 1 is 1.38 bits per heavy atom. The number of aryl methyl sites for hydroxylation is 1. The second-order valence-corrected chi connectivity index (χ2v) is 2.98. The van der Waals surface area contributed by atoms with Crippen LogP contribution in [0, 0.1) is 30.9 Å². The van der Waals surface area contributed by atoms with Gasteiger partial charge in [-0.25, -0.2) is 8.78 Å².